The van der Waals surface area contributed by atoms with Crippen LogP contribution in [0.4, 0.5) is 5.13 Å². The number of anilines is 1. The van der Waals surface area contributed by atoms with Crippen molar-refractivity contribution in [3.05, 3.63) is 89.6 Å². The molecule has 1 atom stereocenters. The molecule has 7 nitrogen and oxygen atoms in total. The zero-order chi connectivity index (χ0) is 26.4. The summed E-state index contributed by atoms with van der Waals surface area (Å²) in [5, 5.41) is 11.9. The standard InChI is InChI=1S/C29H30N4O3S/c1-32(2)18-23-14-13-21(17-30-23)24-11-7-8-12-25(24)26-19-37-29(31-26)33(3)28(36)22(16-27(34)35)15-20-9-5-4-6-10-20/h4-14,17,19,22H,15-16,18H2,1-3H3,(H,34,35). The number of nitrogens with zero attached hydrogens (tertiary/aromatic N) is 4. The molecule has 4 aromatic rings. The number of amides is 1. The van der Waals surface area contributed by atoms with Crippen molar-refractivity contribution in [1.29, 1.82) is 0 Å². The first-order valence-corrected chi connectivity index (χ1v) is 12.9. The molecule has 1 N–H and O–H groups in total. The first kappa shape index (κ1) is 26.2. The number of aromatic nitrogens is 2. The molecule has 0 fully saturated rings. The molecule has 2 aromatic carbocycles. The van der Waals surface area contributed by atoms with Crippen LogP contribution in [0, 0.1) is 5.92 Å². The Labute approximate surface area is 221 Å². The third-order valence-electron chi connectivity index (χ3n) is 6.02. The average molecular weight is 515 g/mol. The van der Waals surface area contributed by atoms with Crippen molar-refractivity contribution in [2.24, 2.45) is 5.92 Å². The molecule has 0 aliphatic heterocycles. The van der Waals surface area contributed by atoms with E-state index in [9.17, 15) is 14.7 Å². The lowest BCUT2D eigenvalue weighted by Gasteiger charge is -2.21. The predicted molar refractivity (Wildman–Crippen MR) is 147 cm³/mol. The molecule has 0 aliphatic carbocycles. The Morgan fingerprint density at radius 2 is 1.65 bits per heavy atom. The molecule has 8 heteroatoms. The Kier molecular flexibility index (Phi) is 8.43. The van der Waals surface area contributed by atoms with Crippen molar-refractivity contribution in [1.82, 2.24) is 14.9 Å². The quantitative estimate of drug-likeness (QED) is 0.312. The third-order valence-corrected chi connectivity index (χ3v) is 6.94. The van der Waals surface area contributed by atoms with Crippen molar-refractivity contribution < 1.29 is 14.7 Å². The van der Waals surface area contributed by atoms with Gasteiger partial charge in [-0.15, -0.1) is 11.3 Å². The molecule has 0 radical (unpaired) electrons. The molecule has 190 valence electrons. The van der Waals surface area contributed by atoms with E-state index in [4.69, 9.17) is 4.98 Å². The summed E-state index contributed by atoms with van der Waals surface area (Å²) in [4.78, 5) is 37.8. The number of pyridine rings is 1. The van der Waals surface area contributed by atoms with E-state index in [0.717, 1.165) is 40.2 Å². The summed E-state index contributed by atoms with van der Waals surface area (Å²) in [6.45, 7) is 0.769. The average Bonchev–Trinajstić information content (AvgIpc) is 3.38. The van der Waals surface area contributed by atoms with E-state index >= 15 is 0 Å². The van der Waals surface area contributed by atoms with Crippen molar-refractivity contribution in [2.75, 3.05) is 26.0 Å². The maximum Gasteiger partial charge on any atom is 0.304 e. The highest BCUT2D eigenvalue weighted by atomic mass is 32.1. The van der Waals surface area contributed by atoms with Gasteiger partial charge in [-0.2, -0.15) is 0 Å². The molecule has 37 heavy (non-hydrogen) atoms. The van der Waals surface area contributed by atoms with Gasteiger partial charge in [0.15, 0.2) is 5.13 Å². The van der Waals surface area contributed by atoms with Gasteiger partial charge in [0.05, 0.1) is 23.7 Å². The van der Waals surface area contributed by atoms with E-state index in [2.05, 4.69) is 16.0 Å². The molecule has 0 saturated carbocycles. The minimum absolute atomic E-state index is 0.240. The van der Waals surface area contributed by atoms with Crippen LogP contribution in [0.1, 0.15) is 17.7 Å². The van der Waals surface area contributed by atoms with Gasteiger partial charge in [-0.05, 0) is 37.7 Å². The summed E-state index contributed by atoms with van der Waals surface area (Å²) in [6.07, 6.45) is 1.99. The van der Waals surface area contributed by atoms with Crippen LogP contribution in [0.25, 0.3) is 22.4 Å². The van der Waals surface area contributed by atoms with Crippen LogP contribution in [-0.4, -0.2) is 53.0 Å². The molecule has 2 aromatic heterocycles. The van der Waals surface area contributed by atoms with Gasteiger partial charge in [-0.25, -0.2) is 4.98 Å². The summed E-state index contributed by atoms with van der Waals surface area (Å²) in [5.41, 5.74) is 5.61. The Morgan fingerprint density at radius 3 is 2.30 bits per heavy atom. The van der Waals surface area contributed by atoms with Crippen LogP contribution in [0.3, 0.4) is 0 Å². The second kappa shape index (κ2) is 11.9. The lowest BCUT2D eigenvalue weighted by Crippen LogP contribution is -2.35. The molecule has 2 heterocycles. The largest absolute Gasteiger partial charge is 0.481 e. The van der Waals surface area contributed by atoms with Crippen LogP contribution in [-0.2, 0) is 22.6 Å². The zero-order valence-corrected chi connectivity index (χ0v) is 22.0. The summed E-state index contributed by atoms with van der Waals surface area (Å²) >= 11 is 1.36. The molecule has 0 spiro atoms. The SMILES string of the molecule is CN(C)Cc1ccc(-c2ccccc2-c2csc(N(C)C(=O)C(CC(=O)O)Cc3ccccc3)n2)cn1. The van der Waals surface area contributed by atoms with Crippen LogP contribution in [0.2, 0.25) is 0 Å². The monoisotopic (exact) mass is 514 g/mol. The van der Waals surface area contributed by atoms with Crippen LogP contribution in [0.15, 0.2) is 78.3 Å². The maximum absolute atomic E-state index is 13.3. The number of carboxylic acids is 1. The van der Waals surface area contributed by atoms with Gasteiger partial charge in [0, 0.05) is 36.3 Å². The number of hydrogen-bond acceptors (Lipinski definition) is 6. The number of carboxylic acid groups (broad SMARTS) is 1. The van der Waals surface area contributed by atoms with E-state index in [0.29, 0.717) is 11.6 Å². The van der Waals surface area contributed by atoms with Gasteiger partial charge in [0.1, 0.15) is 0 Å². The maximum atomic E-state index is 13.3. The highest BCUT2D eigenvalue weighted by Gasteiger charge is 2.27. The van der Waals surface area contributed by atoms with Crippen molar-refractivity contribution >= 4 is 28.3 Å². The number of benzene rings is 2. The third kappa shape index (κ3) is 6.67. The van der Waals surface area contributed by atoms with Crippen LogP contribution in [0.5, 0.6) is 0 Å². The van der Waals surface area contributed by atoms with Crippen LogP contribution >= 0.6 is 11.3 Å². The first-order valence-electron chi connectivity index (χ1n) is 12.0. The van der Waals surface area contributed by atoms with Crippen molar-refractivity contribution in [3.8, 4) is 22.4 Å². The molecule has 1 amide bonds. The summed E-state index contributed by atoms with van der Waals surface area (Å²) in [6, 6.07) is 21.6. The summed E-state index contributed by atoms with van der Waals surface area (Å²) in [5.74, 6) is -1.95. The first-order chi connectivity index (χ1) is 17.8. The topological polar surface area (TPSA) is 86.6 Å². The van der Waals surface area contributed by atoms with Gasteiger partial charge in [-0.3, -0.25) is 19.5 Å². The Bertz CT molecular complexity index is 1350. The van der Waals surface area contributed by atoms with Gasteiger partial charge in [-0.1, -0.05) is 60.7 Å². The minimum Gasteiger partial charge on any atom is -0.481 e. The molecule has 0 saturated heterocycles. The van der Waals surface area contributed by atoms with E-state index in [1.807, 2.05) is 86.3 Å². The molecule has 0 aliphatic rings. The predicted octanol–water partition coefficient (Wildman–Crippen LogP) is 5.23. The van der Waals surface area contributed by atoms with Gasteiger partial charge >= 0.3 is 5.97 Å². The fourth-order valence-electron chi connectivity index (χ4n) is 4.23. The Morgan fingerprint density at radius 1 is 0.946 bits per heavy atom. The van der Waals surface area contributed by atoms with Gasteiger partial charge in [0.25, 0.3) is 0 Å². The van der Waals surface area contributed by atoms with Gasteiger partial charge < -0.3 is 10.0 Å². The van der Waals surface area contributed by atoms with E-state index < -0.39 is 11.9 Å². The molecular formula is C29H30N4O3S. The second-order valence-electron chi connectivity index (χ2n) is 9.22. The zero-order valence-electron chi connectivity index (χ0n) is 21.2. The molecule has 0 bridgehead atoms. The number of rotatable bonds is 10. The highest BCUT2D eigenvalue weighted by molar-refractivity contribution is 7.14. The smallest absolute Gasteiger partial charge is 0.304 e. The van der Waals surface area contributed by atoms with Crippen molar-refractivity contribution in [2.45, 2.75) is 19.4 Å². The number of thiazole rings is 1. The highest BCUT2D eigenvalue weighted by Crippen LogP contribution is 2.35. The second-order valence-corrected chi connectivity index (χ2v) is 10.1. The minimum atomic E-state index is -0.998. The molecular weight excluding hydrogens is 484 g/mol. The van der Waals surface area contributed by atoms with E-state index in [1.54, 1.807) is 7.05 Å². The van der Waals surface area contributed by atoms with Crippen molar-refractivity contribution in [3.63, 3.8) is 0 Å². The lowest BCUT2D eigenvalue weighted by atomic mass is 9.95. The van der Waals surface area contributed by atoms with Gasteiger partial charge in [0.2, 0.25) is 5.91 Å². The Balaban J connectivity index is 1.57. The number of carbonyl (C=O) groups excluding carboxylic acids is 1. The van der Waals surface area contributed by atoms with E-state index in [1.165, 1.54) is 16.2 Å². The number of hydrogen-bond donors (Lipinski definition) is 1. The summed E-state index contributed by atoms with van der Waals surface area (Å²) in [7, 11) is 5.68. The molecule has 1 unspecified atom stereocenters. The lowest BCUT2D eigenvalue weighted by molar-refractivity contribution is -0.140. The summed E-state index contributed by atoms with van der Waals surface area (Å²) < 4.78 is 0. The fourth-order valence-corrected chi connectivity index (χ4v) is 5.02. The normalized spacial score (nSPS) is 11.9. The molecule has 4 rings (SSSR count). The Hall–Kier alpha value is -3.88. The number of carbonyl (C=O) groups is 2. The van der Waals surface area contributed by atoms with Crippen LogP contribution < -0.4 is 4.90 Å². The number of aliphatic carboxylic acids is 1. The van der Waals surface area contributed by atoms with E-state index in [-0.39, 0.29) is 12.3 Å². The fraction of sp³-hybridized carbons (Fsp3) is 0.241.